The number of hydrogen-bond acceptors (Lipinski definition) is 4. The van der Waals surface area contributed by atoms with Gasteiger partial charge in [-0.1, -0.05) is 30.3 Å². The van der Waals surface area contributed by atoms with E-state index in [1.54, 1.807) is 6.08 Å². The quantitative estimate of drug-likeness (QED) is 0.568. The van der Waals surface area contributed by atoms with Crippen molar-refractivity contribution in [3.63, 3.8) is 0 Å². The number of hydrogen-bond donors (Lipinski definition) is 3. The van der Waals surface area contributed by atoms with Gasteiger partial charge >= 0.3 is 0 Å². The van der Waals surface area contributed by atoms with Gasteiger partial charge in [-0.05, 0) is 62.7 Å². The minimum Gasteiger partial charge on any atom is -0.508 e. The van der Waals surface area contributed by atoms with Crippen molar-refractivity contribution in [2.45, 2.75) is 19.3 Å². The van der Waals surface area contributed by atoms with Crippen molar-refractivity contribution < 1.29 is 9.90 Å². The largest absolute Gasteiger partial charge is 0.508 e. The molecule has 1 saturated heterocycles. The molecule has 1 amide bonds. The average Bonchev–Trinajstić information content (AvgIpc) is 3.45. The van der Waals surface area contributed by atoms with E-state index in [1.165, 1.54) is 12.8 Å². The summed E-state index contributed by atoms with van der Waals surface area (Å²) in [5, 5.41) is 13.5. The smallest absolute Gasteiger partial charge is 0.231 e. The second kappa shape index (κ2) is 8.40. The standard InChI is InChI=1S/C25H26N4O2/c30-23-15-17(11-12-18(23)16-29-13-5-6-14-29)25(31)28-20-8-2-1-7-19(20)24-26-21-9-3-4-10-22(21)27-24/h1-4,7-10,12,15,17,30H,5-6,11,13-14,16H2,(H,26,27)(H,28,31). The highest BCUT2D eigenvalue weighted by Gasteiger charge is 2.24. The molecule has 158 valence electrons. The molecule has 31 heavy (non-hydrogen) atoms. The first-order valence-corrected chi connectivity index (χ1v) is 10.8. The molecule has 0 spiro atoms. The monoisotopic (exact) mass is 414 g/mol. The van der Waals surface area contributed by atoms with E-state index < -0.39 is 5.92 Å². The van der Waals surface area contributed by atoms with Gasteiger partial charge in [0.2, 0.25) is 5.91 Å². The van der Waals surface area contributed by atoms with Gasteiger partial charge in [0.1, 0.15) is 11.6 Å². The highest BCUT2D eigenvalue weighted by Crippen LogP contribution is 2.29. The first kappa shape index (κ1) is 19.6. The predicted molar refractivity (Wildman–Crippen MR) is 123 cm³/mol. The van der Waals surface area contributed by atoms with Crippen molar-refractivity contribution in [3.05, 3.63) is 72.0 Å². The normalized spacial score (nSPS) is 19.3. The summed E-state index contributed by atoms with van der Waals surface area (Å²) >= 11 is 0. The van der Waals surface area contributed by atoms with Crippen molar-refractivity contribution in [2.24, 2.45) is 5.92 Å². The van der Waals surface area contributed by atoms with Crippen LogP contribution >= 0.6 is 0 Å². The first-order chi connectivity index (χ1) is 15.2. The van der Waals surface area contributed by atoms with Crippen LogP contribution < -0.4 is 5.32 Å². The van der Waals surface area contributed by atoms with Crippen LogP contribution in [0.15, 0.2) is 72.0 Å². The van der Waals surface area contributed by atoms with Gasteiger partial charge < -0.3 is 15.4 Å². The molecule has 2 aromatic carbocycles. The van der Waals surface area contributed by atoms with E-state index in [1.807, 2.05) is 54.6 Å². The summed E-state index contributed by atoms with van der Waals surface area (Å²) in [6.07, 6.45) is 6.71. The Bertz CT molecular complexity index is 1140. The molecular weight excluding hydrogens is 388 g/mol. The molecule has 0 radical (unpaired) electrons. The summed E-state index contributed by atoms with van der Waals surface area (Å²) < 4.78 is 0. The fourth-order valence-corrected chi connectivity index (χ4v) is 4.35. The maximum Gasteiger partial charge on any atom is 0.231 e. The predicted octanol–water partition coefficient (Wildman–Crippen LogP) is 4.65. The van der Waals surface area contributed by atoms with Crippen molar-refractivity contribution in [1.82, 2.24) is 14.9 Å². The number of amides is 1. The Hall–Kier alpha value is -3.38. The van der Waals surface area contributed by atoms with Crippen LogP contribution in [0.25, 0.3) is 22.4 Å². The van der Waals surface area contributed by atoms with Gasteiger partial charge in [0.05, 0.1) is 22.6 Å². The van der Waals surface area contributed by atoms with Crippen LogP contribution in [0, 0.1) is 5.92 Å². The number of nitrogens with zero attached hydrogens (tertiary/aromatic N) is 2. The fraction of sp³-hybridized carbons (Fsp3) is 0.280. The number of nitrogens with one attached hydrogen (secondary N) is 2. The number of aliphatic hydroxyl groups is 1. The lowest BCUT2D eigenvalue weighted by molar-refractivity contribution is -0.118. The van der Waals surface area contributed by atoms with E-state index in [-0.39, 0.29) is 11.7 Å². The zero-order valence-electron chi connectivity index (χ0n) is 17.3. The number of benzene rings is 2. The first-order valence-electron chi connectivity index (χ1n) is 10.8. The molecule has 2 heterocycles. The Kier molecular flexibility index (Phi) is 5.30. The third kappa shape index (κ3) is 4.11. The van der Waals surface area contributed by atoms with Crippen molar-refractivity contribution >= 4 is 22.6 Å². The van der Waals surface area contributed by atoms with Crippen LogP contribution in [0.5, 0.6) is 0 Å². The molecule has 1 unspecified atom stereocenters. The summed E-state index contributed by atoms with van der Waals surface area (Å²) in [4.78, 5) is 23.3. The minimum atomic E-state index is -0.397. The number of carbonyl (C=O) groups excluding carboxylic acids is 1. The van der Waals surface area contributed by atoms with Gasteiger partial charge in [-0.15, -0.1) is 0 Å². The van der Waals surface area contributed by atoms with E-state index in [4.69, 9.17) is 0 Å². The molecule has 3 aromatic rings. The second-order valence-electron chi connectivity index (χ2n) is 8.24. The molecule has 0 saturated carbocycles. The molecule has 1 aromatic heterocycles. The number of aliphatic hydroxyl groups excluding tert-OH is 1. The number of fused-ring (bicyclic) bond motifs is 1. The van der Waals surface area contributed by atoms with Gasteiger partial charge in [-0.3, -0.25) is 9.69 Å². The summed E-state index contributed by atoms with van der Waals surface area (Å²) in [7, 11) is 0. The number of allylic oxidation sites excluding steroid dienone is 1. The molecular formula is C25H26N4O2. The summed E-state index contributed by atoms with van der Waals surface area (Å²) in [6.45, 7) is 2.91. The van der Waals surface area contributed by atoms with Gasteiger partial charge in [0.15, 0.2) is 0 Å². The number of rotatable bonds is 5. The molecule has 0 bridgehead atoms. The number of carbonyl (C=O) groups is 1. The van der Waals surface area contributed by atoms with Gasteiger partial charge in [0, 0.05) is 17.7 Å². The summed E-state index contributed by atoms with van der Waals surface area (Å²) in [5.41, 5.74) is 4.30. The number of aromatic nitrogens is 2. The number of para-hydroxylation sites is 3. The van der Waals surface area contributed by atoms with E-state index in [0.717, 1.165) is 41.8 Å². The third-order valence-electron chi connectivity index (χ3n) is 6.07. The molecule has 6 heteroatoms. The highest BCUT2D eigenvalue weighted by atomic mass is 16.3. The van der Waals surface area contributed by atoms with Crippen molar-refractivity contribution in [3.8, 4) is 11.4 Å². The summed E-state index contributed by atoms with van der Waals surface area (Å²) in [6, 6.07) is 15.5. The van der Waals surface area contributed by atoms with Crippen LogP contribution in [0.1, 0.15) is 19.3 Å². The molecule has 1 aliphatic heterocycles. The van der Waals surface area contributed by atoms with Gasteiger partial charge in [-0.25, -0.2) is 4.98 Å². The number of imidazole rings is 1. The van der Waals surface area contributed by atoms with Crippen LogP contribution in [0.3, 0.4) is 0 Å². The van der Waals surface area contributed by atoms with Crippen LogP contribution in [0.2, 0.25) is 0 Å². The number of aromatic amines is 1. The topological polar surface area (TPSA) is 81.2 Å². The fourth-order valence-electron chi connectivity index (χ4n) is 4.35. The van der Waals surface area contributed by atoms with E-state index in [9.17, 15) is 9.90 Å². The SMILES string of the molecule is O=C(Nc1ccccc1-c1nc2ccccc2[nH]1)C1C=C(O)C(CN2CCCC2)=CC1. The minimum absolute atomic E-state index is 0.133. The zero-order chi connectivity index (χ0) is 21.2. The Morgan fingerprint density at radius 1 is 1.13 bits per heavy atom. The molecule has 6 nitrogen and oxygen atoms in total. The summed E-state index contributed by atoms with van der Waals surface area (Å²) in [5.74, 6) is 0.411. The third-order valence-corrected chi connectivity index (χ3v) is 6.07. The van der Waals surface area contributed by atoms with E-state index in [0.29, 0.717) is 17.9 Å². The lowest BCUT2D eigenvalue weighted by atomic mass is 9.94. The van der Waals surface area contributed by atoms with Crippen LogP contribution in [0.4, 0.5) is 5.69 Å². The molecule has 2 aliphatic rings. The Morgan fingerprint density at radius 3 is 2.71 bits per heavy atom. The average molecular weight is 415 g/mol. The Morgan fingerprint density at radius 2 is 1.90 bits per heavy atom. The maximum absolute atomic E-state index is 13.0. The molecule has 5 rings (SSSR count). The highest BCUT2D eigenvalue weighted by molar-refractivity contribution is 5.98. The van der Waals surface area contributed by atoms with Gasteiger partial charge in [0.25, 0.3) is 0 Å². The number of likely N-dealkylation sites (tertiary alicyclic amines) is 1. The maximum atomic E-state index is 13.0. The Balaban J connectivity index is 1.32. The number of anilines is 1. The molecule has 3 N–H and O–H groups in total. The van der Waals surface area contributed by atoms with E-state index in [2.05, 4.69) is 20.2 Å². The van der Waals surface area contributed by atoms with Gasteiger partial charge in [-0.2, -0.15) is 0 Å². The van der Waals surface area contributed by atoms with Crippen molar-refractivity contribution in [1.29, 1.82) is 0 Å². The molecule has 1 atom stereocenters. The van der Waals surface area contributed by atoms with Crippen LogP contribution in [-0.4, -0.2) is 45.5 Å². The number of H-pyrrole nitrogens is 1. The lowest BCUT2D eigenvalue weighted by Crippen LogP contribution is -2.27. The van der Waals surface area contributed by atoms with E-state index >= 15 is 0 Å². The second-order valence-corrected chi connectivity index (χ2v) is 8.24. The molecule has 1 aliphatic carbocycles. The lowest BCUT2D eigenvalue weighted by Gasteiger charge is -2.22. The Labute approximate surface area is 181 Å². The van der Waals surface area contributed by atoms with Crippen LogP contribution in [-0.2, 0) is 4.79 Å². The zero-order valence-corrected chi connectivity index (χ0v) is 17.3. The molecule has 1 fully saturated rings. The van der Waals surface area contributed by atoms with Crippen molar-refractivity contribution in [2.75, 3.05) is 25.0 Å².